The van der Waals surface area contributed by atoms with E-state index in [1.165, 1.54) is 12.1 Å². The summed E-state index contributed by atoms with van der Waals surface area (Å²) in [5, 5.41) is 5.41. The number of anilines is 1. The first kappa shape index (κ1) is 19.8. The van der Waals surface area contributed by atoms with Gasteiger partial charge < -0.3 is 10.6 Å². The minimum atomic E-state index is -0.339. The maximum absolute atomic E-state index is 13.9. The van der Waals surface area contributed by atoms with Crippen molar-refractivity contribution in [3.8, 4) is 0 Å². The van der Waals surface area contributed by atoms with Gasteiger partial charge in [-0.15, -0.1) is 0 Å². The molecule has 0 fully saturated rings. The van der Waals surface area contributed by atoms with Crippen LogP contribution >= 0.6 is 15.9 Å². The number of carbonyl (C=O) groups is 2. The van der Waals surface area contributed by atoms with E-state index in [0.29, 0.717) is 28.6 Å². The topological polar surface area (TPSA) is 58.2 Å². The highest BCUT2D eigenvalue weighted by Gasteiger charge is 2.09. The van der Waals surface area contributed by atoms with Gasteiger partial charge in [0, 0.05) is 28.7 Å². The number of nitrogens with one attached hydrogen (secondary N) is 2. The van der Waals surface area contributed by atoms with Crippen molar-refractivity contribution in [2.75, 3.05) is 5.32 Å². The number of benzene rings is 2. The van der Waals surface area contributed by atoms with E-state index >= 15 is 0 Å². The monoisotopic (exact) mass is 418 g/mol. The standard InChI is InChI=1S/C20H20BrFN2O2/c1-3-19(25)24-16-7-4-14(5-8-16)6-9-20(26)23-12-17-13(2)10-15(21)11-18(17)22/h3-5,7-8,10-11H,1,6,9,12H2,2H3,(H,23,26)(H,24,25). The Bertz CT molecular complexity index is 796. The molecule has 26 heavy (non-hydrogen) atoms. The molecular weight excluding hydrogens is 399 g/mol. The second-order valence-electron chi connectivity index (χ2n) is 5.85. The van der Waals surface area contributed by atoms with Gasteiger partial charge in [-0.3, -0.25) is 9.59 Å². The van der Waals surface area contributed by atoms with Crippen LogP contribution in [0.5, 0.6) is 0 Å². The second kappa shape index (κ2) is 9.29. The number of hydrogen-bond acceptors (Lipinski definition) is 2. The van der Waals surface area contributed by atoms with Crippen LogP contribution in [0.1, 0.15) is 23.1 Å². The van der Waals surface area contributed by atoms with Gasteiger partial charge in [0.15, 0.2) is 0 Å². The Labute approximate surface area is 160 Å². The lowest BCUT2D eigenvalue weighted by molar-refractivity contribution is -0.121. The third-order valence-electron chi connectivity index (χ3n) is 3.89. The third-order valence-corrected chi connectivity index (χ3v) is 4.35. The largest absolute Gasteiger partial charge is 0.352 e. The number of aryl methyl sites for hydroxylation is 2. The van der Waals surface area contributed by atoms with Gasteiger partial charge in [-0.2, -0.15) is 0 Å². The lowest BCUT2D eigenvalue weighted by atomic mass is 10.1. The molecule has 0 radical (unpaired) electrons. The molecule has 0 aliphatic rings. The molecule has 6 heteroatoms. The van der Waals surface area contributed by atoms with Gasteiger partial charge in [-0.1, -0.05) is 34.6 Å². The van der Waals surface area contributed by atoms with Crippen LogP contribution in [0.25, 0.3) is 0 Å². The zero-order valence-electron chi connectivity index (χ0n) is 14.4. The minimum absolute atomic E-state index is 0.143. The van der Waals surface area contributed by atoms with Crippen LogP contribution in [0, 0.1) is 12.7 Å². The van der Waals surface area contributed by atoms with Crippen LogP contribution in [-0.4, -0.2) is 11.8 Å². The fourth-order valence-electron chi connectivity index (χ4n) is 2.44. The molecular formula is C20H20BrFN2O2. The summed E-state index contributed by atoms with van der Waals surface area (Å²) >= 11 is 3.24. The quantitative estimate of drug-likeness (QED) is 0.659. The Morgan fingerprint density at radius 1 is 1.23 bits per heavy atom. The fourth-order valence-corrected chi connectivity index (χ4v) is 2.98. The van der Waals surface area contributed by atoms with Gasteiger partial charge in [0.25, 0.3) is 0 Å². The molecule has 0 aromatic heterocycles. The predicted molar refractivity (Wildman–Crippen MR) is 104 cm³/mol. The summed E-state index contributed by atoms with van der Waals surface area (Å²) in [7, 11) is 0. The summed E-state index contributed by atoms with van der Waals surface area (Å²) in [6.07, 6.45) is 2.06. The highest BCUT2D eigenvalue weighted by Crippen LogP contribution is 2.20. The van der Waals surface area contributed by atoms with E-state index in [1.807, 2.05) is 25.1 Å². The molecule has 0 heterocycles. The fraction of sp³-hybridized carbons (Fsp3) is 0.200. The van der Waals surface area contributed by atoms with E-state index in [9.17, 15) is 14.0 Å². The molecule has 0 spiro atoms. The molecule has 2 rings (SSSR count). The number of amides is 2. The highest BCUT2D eigenvalue weighted by molar-refractivity contribution is 9.10. The number of carbonyl (C=O) groups excluding carboxylic acids is 2. The predicted octanol–water partition coefficient (Wildman–Crippen LogP) is 4.27. The molecule has 136 valence electrons. The Morgan fingerprint density at radius 2 is 1.92 bits per heavy atom. The van der Waals surface area contributed by atoms with E-state index in [2.05, 4.69) is 33.1 Å². The van der Waals surface area contributed by atoms with Gasteiger partial charge in [0.2, 0.25) is 11.8 Å². The molecule has 0 aliphatic carbocycles. The summed E-state index contributed by atoms with van der Waals surface area (Å²) < 4.78 is 14.6. The molecule has 0 unspecified atom stereocenters. The van der Waals surface area contributed by atoms with Crippen molar-refractivity contribution >= 4 is 33.4 Å². The normalized spacial score (nSPS) is 10.3. The SMILES string of the molecule is C=CC(=O)Nc1ccc(CCC(=O)NCc2c(C)cc(Br)cc2F)cc1. The smallest absolute Gasteiger partial charge is 0.247 e. The van der Waals surface area contributed by atoms with Gasteiger partial charge >= 0.3 is 0 Å². The van der Waals surface area contributed by atoms with Gasteiger partial charge in [0.05, 0.1) is 0 Å². The molecule has 2 amide bonds. The Balaban J connectivity index is 1.83. The minimum Gasteiger partial charge on any atom is -0.352 e. The molecule has 2 aromatic carbocycles. The molecule has 2 N–H and O–H groups in total. The zero-order valence-corrected chi connectivity index (χ0v) is 16.0. The Kier molecular flexibility index (Phi) is 7.09. The molecule has 2 aromatic rings. The molecule has 0 aliphatic heterocycles. The molecule has 0 saturated carbocycles. The Morgan fingerprint density at radius 3 is 2.54 bits per heavy atom. The van der Waals surface area contributed by atoms with Crippen LogP contribution in [0.15, 0.2) is 53.5 Å². The second-order valence-corrected chi connectivity index (χ2v) is 6.77. The van der Waals surface area contributed by atoms with E-state index in [0.717, 1.165) is 11.1 Å². The lowest BCUT2D eigenvalue weighted by Crippen LogP contribution is -2.24. The number of halogens is 2. The molecule has 0 atom stereocenters. The van der Waals surface area contributed by atoms with E-state index in [1.54, 1.807) is 12.1 Å². The summed E-state index contributed by atoms with van der Waals surface area (Å²) in [5.74, 6) is -0.752. The van der Waals surface area contributed by atoms with Crippen LogP contribution in [0.3, 0.4) is 0 Å². The van der Waals surface area contributed by atoms with Gasteiger partial charge in [-0.05, 0) is 54.8 Å². The molecule has 0 bridgehead atoms. The average Bonchev–Trinajstić information content (AvgIpc) is 2.60. The van der Waals surface area contributed by atoms with Crippen LogP contribution < -0.4 is 10.6 Å². The zero-order chi connectivity index (χ0) is 19.1. The lowest BCUT2D eigenvalue weighted by Gasteiger charge is -2.10. The summed E-state index contributed by atoms with van der Waals surface area (Å²) in [4.78, 5) is 23.2. The number of hydrogen-bond donors (Lipinski definition) is 2. The van der Waals surface area contributed by atoms with Gasteiger partial charge in [0.1, 0.15) is 5.82 Å². The van der Waals surface area contributed by atoms with Gasteiger partial charge in [-0.25, -0.2) is 4.39 Å². The van der Waals surface area contributed by atoms with Crippen molar-refractivity contribution in [2.24, 2.45) is 0 Å². The van der Waals surface area contributed by atoms with Crippen LogP contribution in [-0.2, 0) is 22.6 Å². The van der Waals surface area contributed by atoms with Crippen LogP contribution in [0.2, 0.25) is 0 Å². The Hall–Kier alpha value is -2.47. The summed E-state index contributed by atoms with van der Waals surface area (Å²) in [6.45, 7) is 5.37. The van der Waals surface area contributed by atoms with Crippen molar-refractivity contribution < 1.29 is 14.0 Å². The average molecular weight is 419 g/mol. The van der Waals surface area contributed by atoms with Crippen molar-refractivity contribution in [3.05, 3.63) is 76.0 Å². The first-order valence-corrected chi connectivity index (χ1v) is 8.92. The maximum atomic E-state index is 13.9. The van der Waals surface area contributed by atoms with Crippen molar-refractivity contribution in [2.45, 2.75) is 26.3 Å². The molecule has 4 nitrogen and oxygen atoms in total. The number of rotatable bonds is 7. The van der Waals surface area contributed by atoms with E-state index < -0.39 is 0 Å². The first-order chi connectivity index (χ1) is 12.4. The van der Waals surface area contributed by atoms with Crippen molar-refractivity contribution in [1.29, 1.82) is 0 Å². The summed E-state index contributed by atoms with van der Waals surface area (Å²) in [6, 6.07) is 10.5. The summed E-state index contributed by atoms with van der Waals surface area (Å²) in [5.41, 5.74) is 2.92. The maximum Gasteiger partial charge on any atom is 0.247 e. The van der Waals surface area contributed by atoms with Crippen molar-refractivity contribution in [1.82, 2.24) is 5.32 Å². The highest BCUT2D eigenvalue weighted by atomic mass is 79.9. The van der Waals surface area contributed by atoms with Crippen LogP contribution in [0.4, 0.5) is 10.1 Å². The van der Waals surface area contributed by atoms with E-state index in [4.69, 9.17) is 0 Å². The van der Waals surface area contributed by atoms with Crippen molar-refractivity contribution in [3.63, 3.8) is 0 Å². The van der Waals surface area contributed by atoms with E-state index in [-0.39, 0.29) is 24.2 Å². The third kappa shape index (κ3) is 5.81. The molecule has 0 saturated heterocycles. The first-order valence-electron chi connectivity index (χ1n) is 8.12.